The highest BCUT2D eigenvalue weighted by atomic mass is 79.9. The van der Waals surface area contributed by atoms with Gasteiger partial charge < -0.3 is 5.32 Å². The molecule has 0 aliphatic carbocycles. The third-order valence-electron chi connectivity index (χ3n) is 4.14. The van der Waals surface area contributed by atoms with Gasteiger partial charge in [0, 0.05) is 4.47 Å². The molecule has 25 heavy (non-hydrogen) atoms. The number of amides is 3. The minimum absolute atomic E-state index is 0.232. The Morgan fingerprint density at radius 1 is 0.960 bits per heavy atom. The first-order chi connectivity index (χ1) is 11.9. The van der Waals surface area contributed by atoms with E-state index < -0.39 is 23.8 Å². The first-order valence-corrected chi connectivity index (χ1v) is 8.73. The molecule has 0 saturated heterocycles. The van der Waals surface area contributed by atoms with Crippen molar-refractivity contribution in [2.75, 3.05) is 5.32 Å². The fraction of sp³-hybridized carbons (Fsp3) is 0.211. The van der Waals surface area contributed by atoms with Crippen LogP contribution >= 0.6 is 15.9 Å². The lowest BCUT2D eigenvalue weighted by Crippen LogP contribution is -2.50. The third-order valence-corrected chi connectivity index (χ3v) is 4.83. The van der Waals surface area contributed by atoms with Crippen molar-refractivity contribution in [2.24, 2.45) is 5.92 Å². The van der Waals surface area contributed by atoms with Crippen LogP contribution in [-0.2, 0) is 4.79 Å². The Morgan fingerprint density at radius 2 is 1.48 bits per heavy atom. The first kappa shape index (κ1) is 17.4. The topological polar surface area (TPSA) is 66.5 Å². The number of fused-ring (bicyclic) bond motifs is 1. The summed E-state index contributed by atoms with van der Waals surface area (Å²) < 4.78 is 0.730. The molecule has 1 aliphatic rings. The molecule has 0 spiro atoms. The predicted octanol–water partition coefficient (Wildman–Crippen LogP) is 3.71. The second kappa shape index (κ2) is 6.80. The van der Waals surface area contributed by atoms with Gasteiger partial charge in [-0.2, -0.15) is 0 Å². The minimum atomic E-state index is -0.889. The highest BCUT2D eigenvalue weighted by Gasteiger charge is 2.43. The van der Waals surface area contributed by atoms with Crippen molar-refractivity contribution in [3.63, 3.8) is 0 Å². The van der Waals surface area contributed by atoms with Crippen molar-refractivity contribution in [1.29, 1.82) is 0 Å². The molecule has 1 aliphatic heterocycles. The minimum Gasteiger partial charge on any atom is -0.323 e. The summed E-state index contributed by atoms with van der Waals surface area (Å²) in [5.74, 6) is -1.48. The summed E-state index contributed by atoms with van der Waals surface area (Å²) in [5, 5.41) is 2.80. The number of carbonyl (C=O) groups is 3. The van der Waals surface area contributed by atoms with E-state index in [-0.39, 0.29) is 5.92 Å². The Hall–Kier alpha value is -2.47. The van der Waals surface area contributed by atoms with Crippen molar-refractivity contribution < 1.29 is 14.4 Å². The molecule has 0 fully saturated rings. The number of para-hydroxylation sites is 1. The number of imide groups is 1. The van der Waals surface area contributed by atoms with Crippen molar-refractivity contribution in [3.05, 3.63) is 64.1 Å². The highest BCUT2D eigenvalue weighted by Crippen LogP contribution is 2.28. The molecular weight excluding hydrogens is 384 g/mol. The molecule has 2 aromatic rings. The molecular formula is C19H17BrN2O3. The Morgan fingerprint density at radius 3 is 2.00 bits per heavy atom. The highest BCUT2D eigenvalue weighted by molar-refractivity contribution is 9.10. The molecule has 1 heterocycles. The van der Waals surface area contributed by atoms with Crippen LogP contribution in [0.15, 0.2) is 53.0 Å². The molecule has 2 aromatic carbocycles. The number of anilines is 1. The Bertz CT molecular complexity index is 828. The first-order valence-electron chi connectivity index (χ1n) is 7.94. The van der Waals surface area contributed by atoms with Crippen LogP contribution in [0, 0.1) is 5.92 Å². The smallest absolute Gasteiger partial charge is 0.262 e. The second-order valence-electron chi connectivity index (χ2n) is 6.18. The molecule has 3 amide bonds. The number of nitrogens with zero attached hydrogens (tertiary/aromatic N) is 1. The van der Waals surface area contributed by atoms with Crippen molar-refractivity contribution in [3.8, 4) is 0 Å². The quantitative estimate of drug-likeness (QED) is 0.795. The van der Waals surface area contributed by atoms with Gasteiger partial charge >= 0.3 is 0 Å². The van der Waals surface area contributed by atoms with Crippen LogP contribution in [0.1, 0.15) is 34.6 Å². The molecule has 128 valence electrons. The third kappa shape index (κ3) is 3.09. The maximum absolute atomic E-state index is 12.9. The number of carbonyl (C=O) groups excluding carboxylic acids is 3. The maximum atomic E-state index is 12.9. The van der Waals surface area contributed by atoms with E-state index in [1.165, 1.54) is 0 Å². The molecule has 0 aromatic heterocycles. The average molecular weight is 401 g/mol. The van der Waals surface area contributed by atoms with Gasteiger partial charge in [-0.1, -0.05) is 38.1 Å². The van der Waals surface area contributed by atoms with E-state index >= 15 is 0 Å². The summed E-state index contributed by atoms with van der Waals surface area (Å²) in [6, 6.07) is 12.9. The summed E-state index contributed by atoms with van der Waals surface area (Å²) in [6.45, 7) is 3.63. The van der Waals surface area contributed by atoms with Gasteiger partial charge in [0.1, 0.15) is 6.04 Å². The lowest BCUT2D eigenvalue weighted by molar-refractivity contribution is -0.121. The monoisotopic (exact) mass is 400 g/mol. The van der Waals surface area contributed by atoms with Gasteiger partial charge in [0.2, 0.25) is 5.91 Å². The van der Waals surface area contributed by atoms with Gasteiger partial charge in [-0.3, -0.25) is 19.3 Å². The van der Waals surface area contributed by atoms with Gasteiger partial charge in [0.05, 0.1) is 16.8 Å². The van der Waals surface area contributed by atoms with E-state index in [1.807, 2.05) is 26.0 Å². The largest absolute Gasteiger partial charge is 0.323 e. The van der Waals surface area contributed by atoms with E-state index in [0.29, 0.717) is 16.8 Å². The fourth-order valence-electron chi connectivity index (χ4n) is 2.95. The van der Waals surface area contributed by atoms with Crippen molar-refractivity contribution in [1.82, 2.24) is 4.90 Å². The van der Waals surface area contributed by atoms with Gasteiger partial charge in [0.15, 0.2) is 0 Å². The normalized spacial score (nSPS) is 14.6. The number of nitrogens with one attached hydrogen (secondary N) is 1. The van der Waals surface area contributed by atoms with Crippen LogP contribution in [-0.4, -0.2) is 28.7 Å². The lowest BCUT2D eigenvalue weighted by atomic mass is 10.0. The zero-order valence-corrected chi connectivity index (χ0v) is 15.4. The van der Waals surface area contributed by atoms with Gasteiger partial charge in [0.25, 0.3) is 11.8 Å². The van der Waals surface area contributed by atoms with Gasteiger partial charge in [-0.05, 0) is 46.1 Å². The molecule has 1 N–H and O–H groups in total. The van der Waals surface area contributed by atoms with Crippen LogP contribution < -0.4 is 5.32 Å². The van der Waals surface area contributed by atoms with Crippen molar-refractivity contribution in [2.45, 2.75) is 19.9 Å². The van der Waals surface area contributed by atoms with E-state index in [1.54, 1.807) is 36.4 Å². The molecule has 0 unspecified atom stereocenters. The summed E-state index contributed by atoms with van der Waals surface area (Å²) in [5.41, 5.74) is 1.27. The molecule has 0 radical (unpaired) electrons. The Kier molecular flexibility index (Phi) is 4.72. The molecule has 1 atom stereocenters. The van der Waals surface area contributed by atoms with Crippen LogP contribution in [0.3, 0.4) is 0 Å². The van der Waals surface area contributed by atoms with Gasteiger partial charge in [-0.25, -0.2) is 0 Å². The van der Waals surface area contributed by atoms with Gasteiger partial charge in [-0.15, -0.1) is 0 Å². The van der Waals surface area contributed by atoms with Crippen molar-refractivity contribution >= 4 is 39.3 Å². The Labute approximate surface area is 154 Å². The molecule has 3 rings (SSSR count). The average Bonchev–Trinajstić information content (AvgIpc) is 2.83. The number of hydrogen-bond acceptors (Lipinski definition) is 3. The summed E-state index contributed by atoms with van der Waals surface area (Å²) in [4.78, 5) is 39.3. The molecule has 0 bridgehead atoms. The lowest BCUT2D eigenvalue weighted by Gasteiger charge is -2.28. The fourth-order valence-corrected chi connectivity index (χ4v) is 3.33. The standard InChI is InChI=1S/C19H17BrN2O3/c1-11(2)16(17(23)21-15-10-6-5-9-14(15)20)22-18(24)12-7-3-4-8-13(12)19(22)25/h3-11,16H,1-2H3,(H,21,23)/t16-/m1/s1. The Balaban J connectivity index is 1.92. The summed E-state index contributed by atoms with van der Waals surface area (Å²) in [6.07, 6.45) is 0. The number of rotatable bonds is 4. The van der Waals surface area contributed by atoms with Crippen LogP contribution in [0.4, 0.5) is 5.69 Å². The summed E-state index contributed by atoms with van der Waals surface area (Å²) >= 11 is 3.38. The van der Waals surface area contributed by atoms with E-state index in [4.69, 9.17) is 0 Å². The number of benzene rings is 2. The van der Waals surface area contributed by atoms with E-state index in [2.05, 4.69) is 21.2 Å². The maximum Gasteiger partial charge on any atom is 0.262 e. The van der Waals surface area contributed by atoms with Crippen LogP contribution in [0.5, 0.6) is 0 Å². The molecule has 6 heteroatoms. The van der Waals surface area contributed by atoms with Crippen LogP contribution in [0.2, 0.25) is 0 Å². The molecule has 5 nitrogen and oxygen atoms in total. The molecule has 0 saturated carbocycles. The SMILES string of the molecule is CC(C)[C@H](C(=O)Nc1ccccc1Br)N1C(=O)c2ccccc2C1=O. The van der Waals surface area contributed by atoms with E-state index in [9.17, 15) is 14.4 Å². The number of halogens is 1. The zero-order valence-electron chi connectivity index (χ0n) is 13.8. The second-order valence-corrected chi connectivity index (χ2v) is 7.04. The zero-order chi connectivity index (χ0) is 18.1. The van der Waals surface area contributed by atoms with Crippen LogP contribution in [0.25, 0.3) is 0 Å². The summed E-state index contributed by atoms with van der Waals surface area (Å²) in [7, 11) is 0. The van der Waals surface area contributed by atoms with E-state index in [0.717, 1.165) is 9.37 Å². The predicted molar refractivity (Wildman–Crippen MR) is 98.3 cm³/mol. The number of hydrogen-bond donors (Lipinski definition) is 1.